The maximum atomic E-state index is 5.80. The lowest BCUT2D eigenvalue weighted by molar-refractivity contribution is 0.129. The Labute approximate surface area is 113 Å². The highest BCUT2D eigenvalue weighted by Gasteiger charge is 2.20. The van der Waals surface area contributed by atoms with E-state index < -0.39 is 0 Å². The maximum Gasteiger partial charge on any atom is 0.118 e. The number of furan rings is 1. The van der Waals surface area contributed by atoms with Crippen LogP contribution in [0.1, 0.15) is 37.2 Å². The van der Waals surface area contributed by atoms with Crippen molar-refractivity contribution in [1.29, 1.82) is 0 Å². The molecule has 0 bridgehead atoms. The lowest BCUT2D eigenvalue weighted by Crippen LogP contribution is -2.14. The molecule has 1 unspecified atom stereocenters. The van der Waals surface area contributed by atoms with Gasteiger partial charge in [-0.15, -0.1) is 0 Å². The van der Waals surface area contributed by atoms with E-state index in [1.165, 1.54) is 25.7 Å². The molecule has 100 valence electrons. The minimum Gasteiger partial charge on any atom is -0.464 e. The largest absolute Gasteiger partial charge is 0.464 e. The summed E-state index contributed by atoms with van der Waals surface area (Å²) in [6.45, 7) is 1.82. The van der Waals surface area contributed by atoms with Crippen molar-refractivity contribution in [2.45, 2.75) is 50.1 Å². The summed E-state index contributed by atoms with van der Waals surface area (Å²) in [6, 6.07) is 4.94. The second kappa shape index (κ2) is 6.13. The van der Waals surface area contributed by atoms with E-state index in [2.05, 4.69) is 17.4 Å². The van der Waals surface area contributed by atoms with E-state index in [0.29, 0.717) is 6.10 Å². The van der Waals surface area contributed by atoms with E-state index >= 15 is 0 Å². The predicted octanol–water partition coefficient (Wildman–Crippen LogP) is 2.94. The molecule has 1 aliphatic heterocycles. The first-order valence-electron chi connectivity index (χ1n) is 6.90. The van der Waals surface area contributed by atoms with Crippen LogP contribution < -0.4 is 5.32 Å². The zero-order valence-corrected chi connectivity index (χ0v) is 11.5. The smallest absolute Gasteiger partial charge is 0.118 e. The average Bonchev–Trinajstić information content (AvgIpc) is 2.89. The first-order valence-corrected chi connectivity index (χ1v) is 8.06. The Morgan fingerprint density at radius 3 is 2.89 bits per heavy atom. The quantitative estimate of drug-likeness (QED) is 0.823. The highest BCUT2D eigenvalue weighted by atomic mass is 32.2. The van der Waals surface area contributed by atoms with Crippen LogP contribution in [0, 0.1) is 0 Å². The molecule has 1 aromatic rings. The summed E-state index contributed by atoms with van der Waals surface area (Å²) in [5.74, 6) is 4.21. The first-order chi connectivity index (χ1) is 8.90. The van der Waals surface area contributed by atoms with Gasteiger partial charge in [-0.05, 0) is 37.8 Å². The number of hydrogen-bond acceptors (Lipinski definition) is 4. The summed E-state index contributed by atoms with van der Waals surface area (Å²) in [4.78, 5) is 0. The molecular formula is C14H21NO2S. The number of thioether (sulfide) groups is 1. The molecule has 1 atom stereocenters. The molecule has 2 fully saturated rings. The van der Waals surface area contributed by atoms with Gasteiger partial charge in [-0.1, -0.05) is 0 Å². The second-order valence-electron chi connectivity index (χ2n) is 5.17. The van der Waals surface area contributed by atoms with E-state index in [1.807, 2.05) is 11.8 Å². The molecule has 0 spiro atoms. The molecule has 3 nitrogen and oxygen atoms in total. The molecule has 0 radical (unpaired) electrons. The Morgan fingerprint density at radius 2 is 2.11 bits per heavy atom. The van der Waals surface area contributed by atoms with Gasteiger partial charge in [0.05, 0.1) is 18.4 Å². The SMILES string of the molecule is c1cc(CSCC2CCCO2)oc1CNC1CC1. The van der Waals surface area contributed by atoms with Gasteiger partial charge >= 0.3 is 0 Å². The molecule has 1 N–H and O–H groups in total. The van der Waals surface area contributed by atoms with Crippen LogP contribution in [0.2, 0.25) is 0 Å². The summed E-state index contributed by atoms with van der Waals surface area (Å²) in [5.41, 5.74) is 0. The number of hydrogen-bond donors (Lipinski definition) is 1. The van der Waals surface area contributed by atoms with Crippen molar-refractivity contribution < 1.29 is 9.15 Å². The second-order valence-corrected chi connectivity index (χ2v) is 6.20. The fourth-order valence-corrected chi connectivity index (χ4v) is 3.19. The van der Waals surface area contributed by atoms with Gasteiger partial charge in [-0.25, -0.2) is 0 Å². The van der Waals surface area contributed by atoms with Crippen LogP contribution in [0.4, 0.5) is 0 Å². The lowest BCUT2D eigenvalue weighted by Gasteiger charge is -2.07. The van der Waals surface area contributed by atoms with Crippen molar-refractivity contribution in [3.8, 4) is 0 Å². The minimum atomic E-state index is 0.473. The van der Waals surface area contributed by atoms with Crippen LogP contribution in [-0.4, -0.2) is 24.5 Å². The molecule has 0 aromatic carbocycles. The van der Waals surface area contributed by atoms with Gasteiger partial charge in [0.15, 0.2) is 0 Å². The van der Waals surface area contributed by atoms with Crippen molar-refractivity contribution in [1.82, 2.24) is 5.32 Å². The summed E-state index contributed by atoms with van der Waals surface area (Å²) >= 11 is 1.91. The maximum absolute atomic E-state index is 5.80. The molecule has 2 aliphatic rings. The Morgan fingerprint density at radius 1 is 1.22 bits per heavy atom. The van der Waals surface area contributed by atoms with Gasteiger partial charge in [0.25, 0.3) is 0 Å². The number of ether oxygens (including phenoxy) is 1. The van der Waals surface area contributed by atoms with Crippen LogP contribution in [0.3, 0.4) is 0 Å². The zero-order chi connectivity index (χ0) is 12.2. The van der Waals surface area contributed by atoms with Crippen molar-refractivity contribution in [3.63, 3.8) is 0 Å². The molecule has 18 heavy (non-hydrogen) atoms. The summed E-state index contributed by atoms with van der Waals surface area (Å²) in [6.07, 6.45) is 5.57. The highest BCUT2D eigenvalue weighted by Crippen LogP contribution is 2.22. The van der Waals surface area contributed by atoms with E-state index in [-0.39, 0.29) is 0 Å². The van der Waals surface area contributed by atoms with E-state index in [4.69, 9.17) is 9.15 Å². The minimum absolute atomic E-state index is 0.473. The third-order valence-electron chi connectivity index (χ3n) is 3.43. The number of nitrogens with one attached hydrogen (secondary N) is 1. The summed E-state index contributed by atoms with van der Waals surface area (Å²) in [7, 11) is 0. The first kappa shape index (κ1) is 12.6. The molecule has 2 heterocycles. The Balaban J connectivity index is 1.36. The monoisotopic (exact) mass is 267 g/mol. The molecule has 1 saturated carbocycles. The van der Waals surface area contributed by atoms with Gasteiger partial charge < -0.3 is 14.5 Å². The van der Waals surface area contributed by atoms with Crippen molar-refractivity contribution in [2.24, 2.45) is 0 Å². The van der Waals surface area contributed by atoms with Crippen LogP contribution in [0.5, 0.6) is 0 Å². The zero-order valence-electron chi connectivity index (χ0n) is 10.7. The normalized spacial score (nSPS) is 23.7. The van der Waals surface area contributed by atoms with Crippen LogP contribution in [0.25, 0.3) is 0 Å². The molecular weight excluding hydrogens is 246 g/mol. The van der Waals surface area contributed by atoms with Crippen LogP contribution >= 0.6 is 11.8 Å². The van der Waals surface area contributed by atoms with E-state index in [9.17, 15) is 0 Å². The topological polar surface area (TPSA) is 34.4 Å². The molecule has 4 heteroatoms. The van der Waals surface area contributed by atoms with Crippen LogP contribution in [-0.2, 0) is 17.0 Å². The fourth-order valence-electron chi connectivity index (χ4n) is 2.19. The van der Waals surface area contributed by atoms with Gasteiger partial charge in [-0.3, -0.25) is 0 Å². The molecule has 3 rings (SSSR count). The summed E-state index contributed by atoms with van der Waals surface area (Å²) < 4.78 is 11.4. The standard InChI is InChI=1S/C14H21NO2S/c1-2-13(16-7-1)9-18-10-14-6-5-12(17-14)8-15-11-3-4-11/h5-6,11,13,15H,1-4,7-10H2. The summed E-state index contributed by atoms with van der Waals surface area (Å²) in [5, 5.41) is 3.47. The molecule has 1 aromatic heterocycles. The highest BCUT2D eigenvalue weighted by molar-refractivity contribution is 7.98. The van der Waals surface area contributed by atoms with Crippen molar-refractivity contribution in [3.05, 3.63) is 23.7 Å². The third-order valence-corrected chi connectivity index (χ3v) is 4.53. The van der Waals surface area contributed by atoms with E-state index in [0.717, 1.165) is 42.2 Å². The Bertz CT molecular complexity index is 370. The molecule has 0 amide bonds. The molecule has 1 aliphatic carbocycles. The van der Waals surface area contributed by atoms with Crippen molar-refractivity contribution in [2.75, 3.05) is 12.4 Å². The predicted molar refractivity (Wildman–Crippen MR) is 73.7 cm³/mol. The van der Waals surface area contributed by atoms with Gasteiger partial charge in [0, 0.05) is 18.4 Å². The van der Waals surface area contributed by atoms with Gasteiger partial charge in [0.2, 0.25) is 0 Å². The third kappa shape index (κ3) is 3.77. The Hall–Kier alpha value is -0.450. The van der Waals surface area contributed by atoms with E-state index in [1.54, 1.807) is 0 Å². The van der Waals surface area contributed by atoms with Crippen LogP contribution in [0.15, 0.2) is 16.5 Å². The van der Waals surface area contributed by atoms with Crippen molar-refractivity contribution >= 4 is 11.8 Å². The molecule has 1 saturated heterocycles. The Kier molecular flexibility index (Phi) is 4.28. The van der Waals surface area contributed by atoms with Gasteiger partial charge in [-0.2, -0.15) is 11.8 Å². The number of rotatable bonds is 7. The average molecular weight is 267 g/mol. The lowest BCUT2D eigenvalue weighted by atomic mass is 10.3. The fraction of sp³-hybridized carbons (Fsp3) is 0.714. The van der Waals surface area contributed by atoms with Gasteiger partial charge in [0.1, 0.15) is 11.5 Å².